The fourth-order valence-corrected chi connectivity index (χ4v) is 4.29. The van der Waals surface area contributed by atoms with Crippen LogP contribution in [0.15, 0.2) is 47.4 Å². The summed E-state index contributed by atoms with van der Waals surface area (Å²) in [6.45, 7) is 1.30. The Hall–Kier alpha value is -2.20. The molecule has 0 saturated carbocycles. The Morgan fingerprint density at radius 3 is 2.64 bits per heavy atom. The van der Waals surface area contributed by atoms with Gasteiger partial charge in [-0.25, -0.2) is 17.6 Å². The molecule has 0 bridgehead atoms. The maximum absolute atomic E-state index is 13.2. The first-order chi connectivity index (χ1) is 13.4. The summed E-state index contributed by atoms with van der Waals surface area (Å²) >= 11 is 6.09. The van der Waals surface area contributed by atoms with Crippen molar-refractivity contribution < 1.29 is 22.3 Å². The molecule has 1 saturated heterocycles. The number of morpholine rings is 1. The van der Waals surface area contributed by atoms with Gasteiger partial charge in [-0.05, 0) is 35.9 Å². The number of rotatable bonds is 5. The van der Waals surface area contributed by atoms with E-state index in [0.717, 1.165) is 0 Å². The molecule has 0 aliphatic carbocycles. The number of nitrogens with zero attached hydrogens (tertiary/aromatic N) is 1. The zero-order valence-corrected chi connectivity index (χ0v) is 16.4. The second-order valence-corrected chi connectivity index (χ2v) is 8.44. The first kappa shape index (κ1) is 20.5. The minimum absolute atomic E-state index is 0.0271. The SMILES string of the molecule is O=C(NCc1cccc(F)c1)Nc1cc(S(=O)(=O)N2CCOCC2)ccc1Cl. The number of sulfonamides is 1. The van der Waals surface area contributed by atoms with Crippen LogP contribution in [0.4, 0.5) is 14.9 Å². The van der Waals surface area contributed by atoms with Gasteiger partial charge in [0.25, 0.3) is 0 Å². The van der Waals surface area contributed by atoms with Gasteiger partial charge in [0, 0.05) is 19.6 Å². The van der Waals surface area contributed by atoms with E-state index >= 15 is 0 Å². The zero-order chi connectivity index (χ0) is 20.1. The molecule has 1 fully saturated rings. The molecule has 2 aromatic rings. The van der Waals surface area contributed by atoms with Gasteiger partial charge < -0.3 is 15.4 Å². The molecular weight excluding hydrogens is 409 g/mol. The van der Waals surface area contributed by atoms with Crippen LogP contribution < -0.4 is 10.6 Å². The van der Waals surface area contributed by atoms with Crippen LogP contribution in [0.2, 0.25) is 5.02 Å². The number of ether oxygens (including phenoxy) is 1. The van der Waals surface area contributed by atoms with Gasteiger partial charge in [-0.15, -0.1) is 0 Å². The number of urea groups is 1. The molecule has 2 N–H and O–H groups in total. The lowest BCUT2D eigenvalue weighted by Gasteiger charge is -2.26. The third-order valence-corrected chi connectivity index (χ3v) is 6.36. The van der Waals surface area contributed by atoms with E-state index in [2.05, 4.69) is 10.6 Å². The average Bonchev–Trinajstić information content (AvgIpc) is 2.69. The Kier molecular flexibility index (Phi) is 6.50. The van der Waals surface area contributed by atoms with Gasteiger partial charge in [0.05, 0.1) is 28.8 Å². The minimum atomic E-state index is -3.72. The summed E-state index contributed by atoms with van der Waals surface area (Å²) in [7, 11) is -3.72. The quantitative estimate of drug-likeness (QED) is 0.768. The van der Waals surface area contributed by atoms with Crippen molar-refractivity contribution in [2.45, 2.75) is 11.4 Å². The highest BCUT2D eigenvalue weighted by Crippen LogP contribution is 2.27. The smallest absolute Gasteiger partial charge is 0.319 e. The molecule has 1 heterocycles. The number of halogens is 2. The van der Waals surface area contributed by atoms with Crippen LogP contribution in [0.25, 0.3) is 0 Å². The molecule has 3 rings (SSSR count). The van der Waals surface area contributed by atoms with Crippen molar-refractivity contribution in [2.24, 2.45) is 0 Å². The highest BCUT2D eigenvalue weighted by Gasteiger charge is 2.27. The maximum Gasteiger partial charge on any atom is 0.319 e. The predicted octanol–water partition coefficient (Wildman–Crippen LogP) is 2.82. The van der Waals surface area contributed by atoms with Crippen LogP contribution >= 0.6 is 11.6 Å². The number of hydrogen-bond donors (Lipinski definition) is 2. The number of hydrogen-bond acceptors (Lipinski definition) is 4. The Morgan fingerprint density at radius 1 is 1.18 bits per heavy atom. The van der Waals surface area contributed by atoms with Crippen LogP contribution in [0, 0.1) is 5.82 Å². The second-order valence-electron chi connectivity index (χ2n) is 6.10. The van der Waals surface area contributed by atoms with E-state index < -0.39 is 21.9 Å². The van der Waals surface area contributed by atoms with Gasteiger partial charge in [0.2, 0.25) is 10.0 Å². The van der Waals surface area contributed by atoms with Crippen LogP contribution in [-0.4, -0.2) is 45.1 Å². The molecule has 7 nitrogen and oxygen atoms in total. The van der Waals surface area contributed by atoms with E-state index in [-0.39, 0.29) is 35.2 Å². The normalized spacial score (nSPS) is 15.2. The van der Waals surface area contributed by atoms with Crippen molar-refractivity contribution in [1.29, 1.82) is 0 Å². The summed E-state index contributed by atoms with van der Waals surface area (Å²) in [5.41, 5.74) is 0.748. The van der Waals surface area contributed by atoms with Gasteiger partial charge in [0.15, 0.2) is 0 Å². The second kappa shape index (κ2) is 8.87. The van der Waals surface area contributed by atoms with Gasteiger partial charge >= 0.3 is 6.03 Å². The molecule has 0 unspecified atom stereocenters. The van der Waals surface area contributed by atoms with Crippen molar-refractivity contribution in [3.8, 4) is 0 Å². The molecule has 1 aliphatic heterocycles. The van der Waals surface area contributed by atoms with Crippen molar-refractivity contribution in [3.63, 3.8) is 0 Å². The van der Waals surface area contributed by atoms with Crippen molar-refractivity contribution in [3.05, 3.63) is 58.9 Å². The first-order valence-electron chi connectivity index (χ1n) is 8.53. The Labute approximate surface area is 167 Å². The summed E-state index contributed by atoms with van der Waals surface area (Å²) in [5.74, 6) is -0.399. The van der Waals surface area contributed by atoms with Crippen LogP contribution in [0.5, 0.6) is 0 Å². The fraction of sp³-hybridized carbons (Fsp3) is 0.278. The standard InChI is InChI=1S/C18H19ClFN3O4S/c19-16-5-4-15(28(25,26)23-6-8-27-9-7-23)11-17(16)22-18(24)21-12-13-2-1-3-14(20)10-13/h1-5,10-11H,6-9,12H2,(H2,21,22,24). The number of carbonyl (C=O) groups is 1. The van der Waals surface area contributed by atoms with E-state index in [4.69, 9.17) is 16.3 Å². The summed E-state index contributed by atoms with van der Waals surface area (Å²) in [5, 5.41) is 5.29. The van der Waals surface area contributed by atoms with E-state index in [1.54, 1.807) is 12.1 Å². The molecule has 0 radical (unpaired) electrons. The lowest BCUT2D eigenvalue weighted by Crippen LogP contribution is -2.40. The molecule has 28 heavy (non-hydrogen) atoms. The Morgan fingerprint density at radius 2 is 1.93 bits per heavy atom. The molecule has 1 aliphatic rings. The number of amides is 2. The van der Waals surface area contributed by atoms with E-state index in [9.17, 15) is 17.6 Å². The number of anilines is 1. The zero-order valence-electron chi connectivity index (χ0n) is 14.8. The highest BCUT2D eigenvalue weighted by molar-refractivity contribution is 7.89. The Bertz CT molecular complexity index is 965. The summed E-state index contributed by atoms with van der Waals surface area (Å²) in [6.07, 6.45) is 0. The molecule has 0 aromatic heterocycles. The maximum atomic E-state index is 13.2. The van der Waals surface area contributed by atoms with Crippen molar-refractivity contribution in [2.75, 3.05) is 31.6 Å². The molecule has 2 amide bonds. The van der Waals surface area contributed by atoms with Crippen molar-refractivity contribution in [1.82, 2.24) is 9.62 Å². The van der Waals surface area contributed by atoms with Gasteiger partial charge in [-0.3, -0.25) is 0 Å². The molecule has 10 heteroatoms. The lowest BCUT2D eigenvalue weighted by atomic mass is 10.2. The molecule has 150 valence electrons. The third-order valence-electron chi connectivity index (χ3n) is 4.14. The van der Waals surface area contributed by atoms with E-state index in [0.29, 0.717) is 18.8 Å². The average molecular weight is 428 g/mol. The van der Waals surface area contributed by atoms with E-state index in [1.165, 1.54) is 34.6 Å². The van der Waals surface area contributed by atoms with Crippen LogP contribution in [0.1, 0.15) is 5.56 Å². The van der Waals surface area contributed by atoms with Crippen molar-refractivity contribution >= 4 is 33.3 Å². The third kappa shape index (κ3) is 4.99. The predicted molar refractivity (Wildman–Crippen MR) is 103 cm³/mol. The highest BCUT2D eigenvalue weighted by atomic mass is 35.5. The van der Waals surface area contributed by atoms with E-state index in [1.807, 2.05) is 0 Å². The molecular formula is C18H19ClFN3O4S. The summed E-state index contributed by atoms with van der Waals surface area (Å²) in [6, 6.07) is 9.36. The fourth-order valence-electron chi connectivity index (χ4n) is 2.69. The summed E-state index contributed by atoms with van der Waals surface area (Å²) < 4.78 is 45.2. The lowest BCUT2D eigenvalue weighted by molar-refractivity contribution is 0.0730. The monoisotopic (exact) mass is 427 g/mol. The number of benzene rings is 2. The molecule has 0 atom stereocenters. The minimum Gasteiger partial charge on any atom is -0.379 e. The summed E-state index contributed by atoms with van der Waals surface area (Å²) in [4.78, 5) is 12.2. The van der Waals surface area contributed by atoms with Gasteiger partial charge in [0.1, 0.15) is 5.82 Å². The number of nitrogens with one attached hydrogen (secondary N) is 2. The van der Waals surface area contributed by atoms with Crippen LogP contribution in [-0.2, 0) is 21.3 Å². The first-order valence-corrected chi connectivity index (χ1v) is 10.3. The largest absolute Gasteiger partial charge is 0.379 e. The van der Waals surface area contributed by atoms with Gasteiger partial charge in [-0.1, -0.05) is 23.7 Å². The molecule has 0 spiro atoms. The van der Waals surface area contributed by atoms with Crippen LogP contribution in [0.3, 0.4) is 0 Å². The number of carbonyl (C=O) groups excluding carboxylic acids is 1. The molecule has 2 aromatic carbocycles. The Balaban J connectivity index is 1.70. The topological polar surface area (TPSA) is 87.7 Å². The van der Waals surface area contributed by atoms with Gasteiger partial charge in [-0.2, -0.15) is 4.31 Å².